The predicted molar refractivity (Wildman–Crippen MR) is 73.6 cm³/mol. The van der Waals surface area contributed by atoms with Crippen LogP contribution in [0, 0.1) is 5.92 Å². The highest BCUT2D eigenvalue weighted by atomic mass is 79.9. The summed E-state index contributed by atoms with van der Waals surface area (Å²) in [6.07, 6.45) is 3.81. The molecule has 1 aliphatic rings. The molecule has 0 spiro atoms. The highest BCUT2D eigenvalue weighted by Crippen LogP contribution is 2.45. The summed E-state index contributed by atoms with van der Waals surface area (Å²) < 4.78 is 10.5. The van der Waals surface area contributed by atoms with Crippen LogP contribution >= 0.6 is 27.5 Å². The third kappa shape index (κ3) is 3.08. The van der Waals surface area contributed by atoms with Crippen molar-refractivity contribution in [1.82, 2.24) is 0 Å². The van der Waals surface area contributed by atoms with Gasteiger partial charge < -0.3 is 9.47 Å². The van der Waals surface area contributed by atoms with E-state index >= 15 is 0 Å². The third-order valence-electron chi connectivity index (χ3n) is 3.08. The van der Waals surface area contributed by atoms with Crippen molar-refractivity contribution in [3.05, 3.63) is 22.7 Å². The van der Waals surface area contributed by atoms with Gasteiger partial charge in [-0.2, -0.15) is 0 Å². The number of halogens is 2. The molecule has 0 amide bonds. The number of hydrogen-bond donors (Lipinski definition) is 0. The molecular weight excluding hydrogens is 303 g/mol. The molecule has 0 saturated heterocycles. The van der Waals surface area contributed by atoms with E-state index in [0.29, 0.717) is 10.6 Å². The fraction of sp³-hybridized carbons (Fsp3) is 0.538. The number of rotatable bonds is 5. The van der Waals surface area contributed by atoms with Crippen LogP contribution in [-0.2, 0) is 0 Å². The Labute approximate surface area is 115 Å². The normalized spacial score (nSPS) is 16.7. The summed E-state index contributed by atoms with van der Waals surface area (Å²) in [7, 11) is 3.25. The van der Waals surface area contributed by atoms with Gasteiger partial charge in [0.05, 0.1) is 14.2 Å². The van der Waals surface area contributed by atoms with Crippen LogP contribution in [0.3, 0.4) is 0 Å². The summed E-state index contributed by atoms with van der Waals surface area (Å²) in [4.78, 5) is 0.294. The smallest absolute Gasteiger partial charge is 0.162 e. The lowest BCUT2D eigenvalue weighted by Crippen LogP contribution is -1.97. The summed E-state index contributed by atoms with van der Waals surface area (Å²) in [6.45, 7) is 0. The molecule has 17 heavy (non-hydrogen) atoms. The molecule has 0 N–H and O–H groups in total. The molecule has 1 aromatic carbocycles. The summed E-state index contributed by atoms with van der Waals surface area (Å²) in [5.74, 6) is 2.25. The van der Waals surface area contributed by atoms with Gasteiger partial charge in [0.25, 0.3) is 0 Å². The van der Waals surface area contributed by atoms with E-state index in [0.717, 1.165) is 28.7 Å². The van der Waals surface area contributed by atoms with Crippen molar-refractivity contribution in [2.45, 2.75) is 24.1 Å². The van der Waals surface area contributed by atoms with E-state index in [4.69, 9.17) is 21.1 Å². The van der Waals surface area contributed by atoms with E-state index in [1.54, 1.807) is 14.2 Å². The highest BCUT2D eigenvalue weighted by molar-refractivity contribution is 9.09. The van der Waals surface area contributed by atoms with Gasteiger partial charge in [-0.1, -0.05) is 40.4 Å². The van der Waals surface area contributed by atoms with E-state index in [9.17, 15) is 0 Å². The Morgan fingerprint density at radius 3 is 2.41 bits per heavy atom. The minimum absolute atomic E-state index is 0.294. The number of alkyl halides is 1. The molecule has 1 atom stereocenters. The van der Waals surface area contributed by atoms with E-state index in [2.05, 4.69) is 15.9 Å². The van der Waals surface area contributed by atoms with Gasteiger partial charge in [-0.3, -0.25) is 0 Å². The first-order chi connectivity index (χ1) is 8.15. The second kappa shape index (κ2) is 5.49. The van der Waals surface area contributed by atoms with Crippen LogP contribution in [-0.4, -0.2) is 14.2 Å². The van der Waals surface area contributed by atoms with Crippen molar-refractivity contribution in [3.63, 3.8) is 0 Å². The van der Waals surface area contributed by atoms with Gasteiger partial charge in [0.2, 0.25) is 0 Å². The zero-order chi connectivity index (χ0) is 12.4. The monoisotopic (exact) mass is 318 g/mol. The van der Waals surface area contributed by atoms with Crippen LogP contribution in [0.1, 0.15) is 29.7 Å². The third-order valence-corrected chi connectivity index (χ3v) is 4.27. The van der Waals surface area contributed by atoms with Crippen LogP contribution < -0.4 is 9.47 Å². The number of ether oxygens (including phenoxy) is 2. The predicted octanol–water partition coefficient (Wildman–Crippen LogP) is 4.59. The first-order valence-electron chi connectivity index (χ1n) is 5.71. The lowest BCUT2D eigenvalue weighted by Gasteiger charge is -2.15. The molecule has 2 nitrogen and oxygen atoms in total. The topological polar surface area (TPSA) is 18.5 Å². The first kappa shape index (κ1) is 13.0. The summed E-state index contributed by atoms with van der Waals surface area (Å²) in [5.41, 5.74) is 1.08. The number of hydrogen-bond acceptors (Lipinski definition) is 2. The Bertz CT molecular complexity index is 405. The SMILES string of the molecule is COc1cc(Cl)c(C(Br)CC2CC2)cc1OC. The van der Waals surface area contributed by atoms with Crippen molar-refractivity contribution in [3.8, 4) is 11.5 Å². The fourth-order valence-electron chi connectivity index (χ4n) is 1.88. The van der Waals surface area contributed by atoms with Crippen molar-refractivity contribution < 1.29 is 9.47 Å². The maximum atomic E-state index is 6.27. The van der Waals surface area contributed by atoms with E-state index in [-0.39, 0.29) is 0 Å². The van der Waals surface area contributed by atoms with Gasteiger partial charge >= 0.3 is 0 Å². The first-order valence-corrected chi connectivity index (χ1v) is 7.00. The van der Waals surface area contributed by atoms with Crippen molar-refractivity contribution >= 4 is 27.5 Å². The van der Waals surface area contributed by atoms with Gasteiger partial charge in [0, 0.05) is 15.9 Å². The van der Waals surface area contributed by atoms with Crippen LogP contribution in [0.4, 0.5) is 0 Å². The van der Waals surface area contributed by atoms with Crippen LogP contribution in [0.15, 0.2) is 12.1 Å². The van der Waals surface area contributed by atoms with Crippen molar-refractivity contribution in [2.75, 3.05) is 14.2 Å². The molecule has 2 rings (SSSR count). The molecule has 1 unspecified atom stereocenters. The molecule has 4 heteroatoms. The number of methoxy groups -OCH3 is 2. The van der Waals surface area contributed by atoms with Crippen LogP contribution in [0.5, 0.6) is 11.5 Å². The minimum Gasteiger partial charge on any atom is -0.493 e. The lowest BCUT2D eigenvalue weighted by molar-refractivity contribution is 0.354. The van der Waals surface area contributed by atoms with Gasteiger partial charge in [-0.15, -0.1) is 0 Å². The molecule has 94 valence electrons. The zero-order valence-electron chi connectivity index (χ0n) is 10.0. The Morgan fingerprint density at radius 2 is 1.88 bits per heavy atom. The minimum atomic E-state index is 0.294. The molecule has 0 heterocycles. The Balaban J connectivity index is 2.25. The van der Waals surface area contributed by atoms with Gasteiger partial charge in [-0.25, -0.2) is 0 Å². The van der Waals surface area contributed by atoms with Gasteiger partial charge in [-0.05, 0) is 24.0 Å². The Kier molecular flexibility index (Phi) is 4.21. The van der Waals surface area contributed by atoms with Crippen LogP contribution in [0.2, 0.25) is 5.02 Å². The molecule has 1 aromatic rings. The molecule has 1 aliphatic carbocycles. The van der Waals surface area contributed by atoms with E-state index < -0.39 is 0 Å². The summed E-state index contributed by atoms with van der Waals surface area (Å²) in [5, 5.41) is 0.727. The van der Waals surface area contributed by atoms with Crippen molar-refractivity contribution in [1.29, 1.82) is 0 Å². The quantitative estimate of drug-likeness (QED) is 0.739. The lowest BCUT2D eigenvalue weighted by atomic mass is 10.1. The second-order valence-electron chi connectivity index (χ2n) is 4.38. The molecule has 0 aliphatic heterocycles. The van der Waals surface area contributed by atoms with Crippen LogP contribution in [0.25, 0.3) is 0 Å². The fourth-order valence-corrected chi connectivity index (χ4v) is 3.21. The largest absolute Gasteiger partial charge is 0.493 e. The average Bonchev–Trinajstić information content (AvgIpc) is 3.12. The Morgan fingerprint density at radius 1 is 1.29 bits per heavy atom. The summed E-state index contributed by atoms with van der Waals surface area (Å²) >= 11 is 9.98. The molecule has 0 aromatic heterocycles. The molecule has 1 fully saturated rings. The molecular formula is C13H16BrClO2. The maximum absolute atomic E-state index is 6.27. The standard InChI is InChI=1S/C13H16BrClO2/c1-16-12-6-9(10(14)5-8-3-4-8)11(15)7-13(12)17-2/h6-8,10H,3-5H2,1-2H3. The van der Waals surface area contributed by atoms with Gasteiger partial charge in [0.1, 0.15) is 0 Å². The zero-order valence-corrected chi connectivity index (χ0v) is 12.3. The Hall–Kier alpha value is -0.410. The molecule has 0 bridgehead atoms. The van der Waals surface area contributed by atoms with Crippen molar-refractivity contribution in [2.24, 2.45) is 5.92 Å². The highest BCUT2D eigenvalue weighted by Gasteiger charge is 2.26. The van der Waals surface area contributed by atoms with E-state index in [1.165, 1.54) is 12.8 Å². The average molecular weight is 320 g/mol. The number of benzene rings is 1. The van der Waals surface area contributed by atoms with E-state index in [1.807, 2.05) is 12.1 Å². The second-order valence-corrected chi connectivity index (χ2v) is 5.89. The maximum Gasteiger partial charge on any atom is 0.162 e. The molecule has 0 radical (unpaired) electrons. The molecule has 1 saturated carbocycles. The summed E-state index contributed by atoms with van der Waals surface area (Å²) in [6, 6.07) is 3.78. The van der Waals surface area contributed by atoms with Gasteiger partial charge in [0.15, 0.2) is 11.5 Å².